The Balaban J connectivity index is 1.34. The standard InChI is InChI=1S/C49H50N6O/c1-31(2)39-19-13-20-40(32(3)4)45(39)52-27-25-50-47(52)35-15-12-18-38(29-35)55-44-30-36(23-24-43(44)54(49(55)56)37-16-10-9-11-17-37)48-51-26-28-53(48)46-41(33(5)6)21-14-22-42(46)34(7)8/h9-34H,1-8H3. The van der Waals surface area contributed by atoms with Gasteiger partial charge in [-0.05, 0) is 88.4 Å². The average Bonchev–Trinajstić information content (AvgIpc) is 3.95. The van der Waals surface area contributed by atoms with Gasteiger partial charge in [0.1, 0.15) is 11.6 Å². The Hall–Kier alpha value is -6.21. The highest BCUT2D eigenvalue weighted by Gasteiger charge is 2.23. The number of nitrogens with zero attached hydrogens (tertiary/aromatic N) is 6. The van der Waals surface area contributed by atoms with Gasteiger partial charge in [0.15, 0.2) is 0 Å². The van der Waals surface area contributed by atoms with Gasteiger partial charge in [-0.15, -0.1) is 0 Å². The normalized spacial score (nSPS) is 11.9. The van der Waals surface area contributed by atoms with Crippen molar-refractivity contribution in [2.24, 2.45) is 0 Å². The lowest BCUT2D eigenvalue weighted by Gasteiger charge is -2.22. The number of rotatable bonds is 10. The molecule has 0 saturated carbocycles. The van der Waals surface area contributed by atoms with Crippen LogP contribution < -0.4 is 5.69 Å². The summed E-state index contributed by atoms with van der Waals surface area (Å²) < 4.78 is 8.08. The zero-order valence-electron chi connectivity index (χ0n) is 33.6. The predicted octanol–water partition coefficient (Wildman–Crippen LogP) is 12.0. The lowest BCUT2D eigenvalue weighted by atomic mass is 9.92. The van der Waals surface area contributed by atoms with Crippen LogP contribution in [0.3, 0.4) is 0 Å². The van der Waals surface area contributed by atoms with Crippen LogP contribution in [0.2, 0.25) is 0 Å². The van der Waals surface area contributed by atoms with E-state index in [1.807, 2.05) is 59.4 Å². The van der Waals surface area contributed by atoms with E-state index < -0.39 is 0 Å². The van der Waals surface area contributed by atoms with E-state index in [4.69, 9.17) is 9.97 Å². The van der Waals surface area contributed by atoms with Crippen molar-refractivity contribution in [3.63, 3.8) is 0 Å². The molecule has 0 atom stereocenters. The van der Waals surface area contributed by atoms with Crippen molar-refractivity contribution >= 4 is 11.0 Å². The van der Waals surface area contributed by atoms with Crippen LogP contribution in [0.1, 0.15) is 101 Å². The summed E-state index contributed by atoms with van der Waals surface area (Å²) in [4.78, 5) is 24.7. The topological polar surface area (TPSA) is 62.6 Å². The molecule has 7 nitrogen and oxygen atoms in total. The van der Waals surface area contributed by atoms with Crippen LogP contribution in [0.25, 0.3) is 56.6 Å². The molecule has 0 saturated heterocycles. The van der Waals surface area contributed by atoms with Gasteiger partial charge in [0, 0.05) is 35.9 Å². The minimum absolute atomic E-state index is 0.147. The second kappa shape index (κ2) is 14.8. The molecule has 5 aromatic carbocycles. The summed E-state index contributed by atoms with van der Waals surface area (Å²) in [6, 6.07) is 37.5. The van der Waals surface area contributed by atoms with Gasteiger partial charge >= 0.3 is 5.69 Å². The molecule has 0 N–H and O–H groups in total. The minimum atomic E-state index is -0.147. The molecule has 3 heterocycles. The molecule has 7 heteroatoms. The van der Waals surface area contributed by atoms with Gasteiger partial charge in [-0.3, -0.25) is 18.3 Å². The van der Waals surface area contributed by atoms with Crippen LogP contribution in [0.4, 0.5) is 0 Å². The highest BCUT2D eigenvalue weighted by Crippen LogP contribution is 2.37. The van der Waals surface area contributed by atoms with Crippen LogP contribution in [-0.4, -0.2) is 28.2 Å². The molecule has 0 unspecified atom stereocenters. The van der Waals surface area contributed by atoms with Gasteiger partial charge in [-0.1, -0.05) is 122 Å². The number of aromatic nitrogens is 6. The highest BCUT2D eigenvalue weighted by atomic mass is 16.1. The van der Waals surface area contributed by atoms with Crippen molar-refractivity contribution in [2.75, 3.05) is 0 Å². The molecular formula is C49H50N6O. The van der Waals surface area contributed by atoms with Gasteiger partial charge in [-0.2, -0.15) is 0 Å². The van der Waals surface area contributed by atoms with Crippen molar-refractivity contribution in [3.05, 3.63) is 167 Å². The molecule has 0 spiro atoms. The summed E-state index contributed by atoms with van der Waals surface area (Å²) in [6.07, 6.45) is 7.85. The molecule has 56 heavy (non-hydrogen) atoms. The average molecular weight is 739 g/mol. The van der Waals surface area contributed by atoms with Crippen LogP contribution in [0, 0.1) is 0 Å². The van der Waals surface area contributed by atoms with E-state index in [-0.39, 0.29) is 5.69 Å². The summed E-state index contributed by atoms with van der Waals surface area (Å²) in [7, 11) is 0. The first-order valence-corrected chi connectivity index (χ1v) is 19.8. The van der Waals surface area contributed by atoms with E-state index in [1.54, 1.807) is 4.57 Å². The first-order chi connectivity index (χ1) is 27.0. The van der Waals surface area contributed by atoms with E-state index >= 15 is 0 Å². The van der Waals surface area contributed by atoms with Crippen LogP contribution >= 0.6 is 0 Å². The van der Waals surface area contributed by atoms with Crippen LogP contribution in [0.5, 0.6) is 0 Å². The third-order valence-corrected chi connectivity index (χ3v) is 10.9. The molecule has 0 aliphatic carbocycles. The highest BCUT2D eigenvalue weighted by molar-refractivity contribution is 5.85. The smallest absolute Gasteiger partial charge is 0.299 e. The molecule has 0 amide bonds. The Bertz CT molecular complexity index is 2680. The number of para-hydroxylation sites is 3. The number of imidazole rings is 3. The van der Waals surface area contributed by atoms with Crippen molar-refractivity contribution in [3.8, 4) is 45.5 Å². The zero-order chi connectivity index (χ0) is 39.2. The Labute approximate surface area is 329 Å². The van der Waals surface area contributed by atoms with Gasteiger partial charge < -0.3 is 0 Å². The second-order valence-electron chi connectivity index (χ2n) is 16.0. The van der Waals surface area contributed by atoms with E-state index in [0.717, 1.165) is 45.2 Å². The van der Waals surface area contributed by atoms with Gasteiger partial charge in [0.05, 0.1) is 33.8 Å². The van der Waals surface area contributed by atoms with E-state index in [2.05, 4.69) is 144 Å². The lowest BCUT2D eigenvalue weighted by molar-refractivity contribution is 0.806. The van der Waals surface area contributed by atoms with Gasteiger partial charge in [0.2, 0.25) is 0 Å². The molecule has 3 aromatic heterocycles. The summed E-state index contributed by atoms with van der Waals surface area (Å²) in [6.45, 7) is 17.9. The Morgan fingerprint density at radius 1 is 0.446 bits per heavy atom. The van der Waals surface area contributed by atoms with Gasteiger partial charge in [0.25, 0.3) is 0 Å². The summed E-state index contributed by atoms with van der Waals surface area (Å²) in [5, 5.41) is 0. The van der Waals surface area contributed by atoms with E-state index in [9.17, 15) is 4.79 Å². The third kappa shape index (κ3) is 6.31. The second-order valence-corrected chi connectivity index (χ2v) is 16.0. The molecule has 8 aromatic rings. The fourth-order valence-corrected chi connectivity index (χ4v) is 8.17. The number of hydrogen-bond donors (Lipinski definition) is 0. The van der Waals surface area contributed by atoms with Crippen LogP contribution in [-0.2, 0) is 0 Å². The zero-order valence-corrected chi connectivity index (χ0v) is 33.6. The third-order valence-electron chi connectivity index (χ3n) is 10.9. The quantitative estimate of drug-likeness (QED) is 0.140. The molecule has 0 fully saturated rings. The minimum Gasteiger partial charge on any atom is -0.299 e. The molecule has 0 aliphatic rings. The largest absolute Gasteiger partial charge is 0.338 e. The van der Waals surface area contributed by atoms with Crippen molar-refractivity contribution < 1.29 is 0 Å². The molecule has 0 aliphatic heterocycles. The molecule has 282 valence electrons. The van der Waals surface area contributed by atoms with E-state index in [0.29, 0.717) is 23.7 Å². The monoisotopic (exact) mass is 738 g/mol. The first-order valence-electron chi connectivity index (χ1n) is 19.8. The van der Waals surface area contributed by atoms with Crippen molar-refractivity contribution in [1.82, 2.24) is 28.2 Å². The summed E-state index contributed by atoms with van der Waals surface area (Å²) >= 11 is 0. The fraction of sp³-hybridized carbons (Fsp3) is 0.245. The maximum Gasteiger partial charge on any atom is 0.338 e. The molecule has 0 bridgehead atoms. The molecule has 8 rings (SSSR count). The Kier molecular flexibility index (Phi) is 9.71. The van der Waals surface area contributed by atoms with Crippen molar-refractivity contribution in [2.45, 2.75) is 79.1 Å². The number of hydrogen-bond acceptors (Lipinski definition) is 3. The Morgan fingerprint density at radius 3 is 1.39 bits per heavy atom. The summed E-state index contributed by atoms with van der Waals surface area (Å²) in [5.74, 6) is 2.96. The van der Waals surface area contributed by atoms with E-state index in [1.165, 1.54) is 33.6 Å². The maximum atomic E-state index is 14.8. The summed E-state index contributed by atoms with van der Waals surface area (Å²) in [5.41, 5.74) is 12.3. The predicted molar refractivity (Wildman–Crippen MR) is 230 cm³/mol. The first kappa shape index (κ1) is 36.8. The molecular weight excluding hydrogens is 689 g/mol. The number of fused-ring (bicyclic) bond motifs is 1. The van der Waals surface area contributed by atoms with Gasteiger partial charge in [-0.25, -0.2) is 14.8 Å². The van der Waals surface area contributed by atoms with Crippen LogP contribution in [0.15, 0.2) is 139 Å². The fourth-order valence-electron chi connectivity index (χ4n) is 8.17. The SMILES string of the molecule is CC(C)c1cccc(C(C)C)c1-n1ccnc1-c1cccc(-n2c(=O)n(-c3ccccc3)c3ccc(-c4nccn4-c4c(C(C)C)cccc4C(C)C)cc32)c1. The van der Waals surface area contributed by atoms with Crippen molar-refractivity contribution in [1.29, 1.82) is 0 Å². The number of benzene rings is 5. The molecule has 0 radical (unpaired) electrons. The maximum absolute atomic E-state index is 14.8. The lowest BCUT2D eigenvalue weighted by Crippen LogP contribution is -2.22. The Morgan fingerprint density at radius 2 is 0.893 bits per heavy atom.